The minimum atomic E-state index is -4.57. The number of urea groups is 1. The van der Waals surface area contributed by atoms with Gasteiger partial charge in [-0.3, -0.25) is 4.79 Å². The van der Waals surface area contributed by atoms with Gasteiger partial charge in [0.2, 0.25) is 5.88 Å². The molecule has 0 saturated heterocycles. The molecule has 1 aliphatic rings. The van der Waals surface area contributed by atoms with E-state index in [0.29, 0.717) is 25.7 Å². The molecule has 7 nitrogen and oxygen atoms in total. The smallest absolute Gasteiger partial charge is 0.421 e. The number of hydrogen-bond acceptors (Lipinski definition) is 4. The summed E-state index contributed by atoms with van der Waals surface area (Å²) in [6.07, 6.45) is -1.22. The SMILES string of the molecule is O=C(NCCOc1ncccc1C(F)(F)F)NC1CCC(C(=O)O)CC1. The summed E-state index contributed by atoms with van der Waals surface area (Å²) in [6, 6.07) is 1.46. The Morgan fingerprint density at radius 3 is 2.58 bits per heavy atom. The molecule has 1 aromatic rings. The Balaban J connectivity index is 1.69. The van der Waals surface area contributed by atoms with E-state index in [9.17, 15) is 22.8 Å². The highest BCUT2D eigenvalue weighted by molar-refractivity contribution is 5.74. The average molecular weight is 375 g/mol. The molecule has 26 heavy (non-hydrogen) atoms. The van der Waals surface area contributed by atoms with Crippen molar-refractivity contribution >= 4 is 12.0 Å². The van der Waals surface area contributed by atoms with Crippen LogP contribution >= 0.6 is 0 Å². The number of alkyl halides is 3. The zero-order valence-corrected chi connectivity index (χ0v) is 13.9. The molecule has 0 atom stereocenters. The van der Waals surface area contributed by atoms with E-state index in [1.54, 1.807) is 0 Å². The molecule has 2 rings (SSSR count). The number of ether oxygens (including phenoxy) is 1. The summed E-state index contributed by atoms with van der Waals surface area (Å²) < 4.78 is 43.4. The average Bonchev–Trinajstić information content (AvgIpc) is 2.58. The van der Waals surface area contributed by atoms with Crippen LogP contribution in [0.25, 0.3) is 0 Å². The van der Waals surface area contributed by atoms with Crippen molar-refractivity contribution in [2.75, 3.05) is 13.2 Å². The number of aliphatic carboxylic acids is 1. The van der Waals surface area contributed by atoms with Crippen LogP contribution in [0.5, 0.6) is 5.88 Å². The molecule has 1 aliphatic carbocycles. The largest absolute Gasteiger partial charge is 0.481 e. The molecule has 0 unspecified atom stereocenters. The minimum absolute atomic E-state index is 0.00414. The highest BCUT2D eigenvalue weighted by Crippen LogP contribution is 2.34. The maximum absolute atomic E-state index is 12.8. The van der Waals surface area contributed by atoms with Crippen molar-refractivity contribution < 1.29 is 32.6 Å². The first kappa shape index (κ1) is 19.8. The maximum Gasteiger partial charge on any atom is 0.421 e. The van der Waals surface area contributed by atoms with Crippen LogP contribution in [-0.2, 0) is 11.0 Å². The molecule has 0 bridgehead atoms. The van der Waals surface area contributed by atoms with E-state index in [2.05, 4.69) is 15.6 Å². The summed E-state index contributed by atoms with van der Waals surface area (Å²) in [7, 11) is 0. The van der Waals surface area contributed by atoms with E-state index >= 15 is 0 Å². The quantitative estimate of drug-likeness (QED) is 0.663. The fourth-order valence-electron chi connectivity index (χ4n) is 2.75. The molecule has 1 heterocycles. The molecule has 1 aromatic heterocycles. The summed E-state index contributed by atoms with van der Waals surface area (Å²) in [4.78, 5) is 26.2. The van der Waals surface area contributed by atoms with Gasteiger partial charge in [0.05, 0.1) is 12.5 Å². The Labute approximate surface area is 147 Å². The van der Waals surface area contributed by atoms with Crippen molar-refractivity contribution in [3.63, 3.8) is 0 Å². The Kier molecular flexibility index (Phi) is 6.64. The summed E-state index contributed by atoms with van der Waals surface area (Å²) in [5.41, 5.74) is -0.973. The molecule has 2 amide bonds. The lowest BCUT2D eigenvalue weighted by Gasteiger charge is -2.26. The van der Waals surface area contributed by atoms with Crippen molar-refractivity contribution in [3.05, 3.63) is 23.9 Å². The molecule has 0 aromatic carbocycles. The fraction of sp³-hybridized carbons (Fsp3) is 0.562. The van der Waals surface area contributed by atoms with E-state index < -0.39 is 29.6 Å². The van der Waals surface area contributed by atoms with Crippen LogP contribution in [0.3, 0.4) is 0 Å². The van der Waals surface area contributed by atoms with Gasteiger partial charge in [0, 0.05) is 12.2 Å². The Morgan fingerprint density at radius 1 is 1.27 bits per heavy atom. The van der Waals surface area contributed by atoms with Crippen LogP contribution in [0.1, 0.15) is 31.2 Å². The van der Waals surface area contributed by atoms with Crippen molar-refractivity contribution in [1.29, 1.82) is 0 Å². The molecular weight excluding hydrogens is 355 g/mol. The molecule has 0 radical (unpaired) electrons. The van der Waals surface area contributed by atoms with Gasteiger partial charge in [-0.2, -0.15) is 13.2 Å². The maximum atomic E-state index is 12.8. The zero-order valence-electron chi connectivity index (χ0n) is 13.9. The second kappa shape index (κ2) is 8.72. The fourth-order valence-corrected chi connectivity index (χ4v) is 2.75. The van der Waals surface area contributed by atoms with Gasteiger partial charge < -0.3 is 20.5 Å². The van der Waals surface area contributed by atoms with Crippen molar-refractivity contribution in [2.24, 2.45) is 5.92 Å². The van der Waals surface area contributed by atoms with Crippen LogP contribution in [0.15, 0.2) is 18.3 Å². The third-order valence-corrected chi connectivity index (χ3v) is 4.11. The monoisotopic (exact) mass is 375 g/mol. The van der Waals surface area contributed by atoms with Crippen LogP contribution in [-0.4, -0.2) is 41.3 Å². The number of aromatic nitrogens is 1. The Morgan fingerprint density at radius 2 is 1.96 bits per heavy atom. The summed E-state index contributed by atoms with van der Waals surface area (Å²) >= 11 is 0. The standard InChI is InChI=1S/C16H20F3N3O4/c17-16(18,19)12-2-1-7-20-13(12)26-9-8-21-15(25)22-11-5-3-10(4-6-11)14(23)24/h1-2,7,10-11H,3-6,8-9H2,(H,23,24)(H2,21,22,25). The molecule has 0 aliphatic heterocycles. The first-order valence-corrected chi connectivity index (χ1v) is 8.19. The van der Waals surface area contributed by atoms with E-state index in [4.69, 9.17) is 9.84 Å². The third-order valence-electron chi connectivity index (χ3n) is 4.11. The highest BCUT2D eigenvalue weighted by atomic mass is 19.4. The van der Waals surface area contributed by atoms with Gasteiger partial charge >= 0.3 is 18.2 Å². The molecule has 10 heteroatoms. The van der Waals surface area contributed by atoms with Crippen LogP contribution in [0.2, 0.25) is 0 Å². The number of carboxylic acid groups (broad SMARTS) is 1. The first-order chi connectivity index (χ1) is 12.3. The summed E-state index contributed by atoms with van der Waals surface area (Å²) in [5.74, 6) is -1.72. The summed E-state index contributed by atoms with van der Waals surface area (Å²) in [5, 5.41) is 14.1. The second-order valence-corrected chi connectivity index (χ2v) is 5.99. The number of carboxylic acids is 1. The number of halogens is 3. The number of carbonyl (C=O) groups excluding carboxylic acids is 1. The lowest BCUT2D eigenvalue weighted by Crippen LogP contribution is -2.45. The number of carbonyl (C=O) groups is 2. The van der Waals surface area contributed by atoms with Gasteiger partial charge in [0.15, 0.2) is 0 Å². The number of hydrogen-bond donors (Lipinski definition) is 3. The van der Waals surface area contributed by atoms with E-state index in [1.807, 2.05) is 0 Å². The molecule has 0 spiro atoms. The Hall–Kier alpha value is -2.52. The Bertz CT molecular complexity index is 631. The third kappa shape index (κ3) is 5.78. The predicted molar refractivity (Wildman–Crippen MR) is 84.7 cm³/mol. The minimum Gasteiger partial charge on any atom is -0.481 e. The number of nitrogens with zero attached hydrogens (tertiary/aromatic N) is 1. The zero-order chi connectivity index (χ0) is 19.2. The van der Waals surface area contributed by atoms with Crippen LogP contribution in [0.4, 0.5) is 18.0 Å². The van der Waals surface area contributed by atoms with Gasteiger partial charge in [-0.25, -0.2) is 9.78 Å². The summed E-state index contributed by atoms with van der Waals surface area (Å²) in [6.45, 7) is -0.163. The molecule has 1 saturated carbocycles. The normalized spacial score (nSPS) is 20.3. The van der Waals surface area contributed by atoms with Crippen molar-refractivity contribution in [3.8, 4) is 5.88 Å². The lowest BCUT2D eigenvalue weighted by atomic mass is 9.86. The van der Waals surface area contributed by atoms with Gasteiger partial charge in [0.1, 0.15) is 12.2 Å². The molecule has 1 fully saturated rings. The molecule has 144 valence electrons. The lowest BCUT2D eigenvalue weighted by molar-refractivity contribution is -0.143. The van der Waals surface area contributed by atoms with E-state index in [-0.39, 0.29) is 25.1 Å². The number of rotatable bonds is 6. The predicted octanol–water partition coefficient (Wildman–Crippen LogP) is 2.42. The van der Waals surface area contributed by atoms with E-state index in [0.717, 1.165) is 6.07 Å². The molecular formula is C16H20F3N3O4. The number of nitrogens with one attached hydrogen (secondary N) is 2. The van der Waals surface area contributed by atoms with Crippen molar-refractivity contribution in [1.82, 2.24) is 15.6 Å². The van der Waals surface area contributed by atoms with Gasteiger partial charge in [-0.15, -0.1) is 0 Å². The molecule has 3 N–H and O–H groups in total. The van der Waals surface area contributed by atoms with Crippen LogP contribution in [0, 0.1) is 5.92 Å². The topological polar surface area (TPSA) is 101 Å². The van der Waals surface area contributed by atoms with Gasteiger partial charge in [-0.1, -0.05) is 0 Å². The van der Waals surface area contributed by atoms with E-state index in [1.165, 1.54) is 12.3 Å². The van der Waals surface area contributed by atoms with Gasteiger partial charge in [0.25, 0.3) is 0 Å². The number of amides is 2. The van der Waals surface area contributed by atoms with Crippen LogP contribution < -0.4 is 15.4 Å². The van der Waals surface area contributed by atoms with Gasteiger partial charge in [-0.05, 0) is 37.8 Å². The highest BCUT2D eigenvalue weighted by Gasteiger charge is 2.35. The first-order valence-electron chi connectivity index (χ1n) is 8.19. The van der Waals surface area contributed by atoms with Crippen molar-refractivity contribution in [2.45, 2.75) is 37.9 Å². The second-order valence-electron chi connectivity index (χ2n) is 5.99. The number of pyridine rings is 1.